The fourth-order valence-corrected chi connectivity index (χ4v) is 3.18. The smallest absolute Gasteiger partial charge is 0.150 e. The Morgan fingerprint density at radius 2 is 1.11 bits per heavy atom. The quantitative estimate of drug-likeness (QED) is 0.144. The summed E-state index contributed by atoms with van der Waals surface area (Å²) in [6, 6.07) is 33.3. The molecule has 0 saturated carbocycles. The average molecular weight is 556 g/mol. The predicted octanol–water partition coefficient (Wildman–Crippen LogP) is 10.1. The van der Waals surface area contributed by atoms with Crippen LogP contribution >= 0.6 is 23.2 Å². The van der Waals surface area contributed by atoms with Crippen LogP contribution in [0.15, 0.2) is 116 Å². The Morgan fingerprint density at radius 3 is 1.58 bits per heavy atom. The molecule has 4 aromatic carbocycles. The zero-order valence-corrected chi connectivity index (χ0v) is 22.8. The van der Waals surface area contributed by atoms with Gasteiger partial charge in [0.15, 0.2) is 0 Å². The Hall–Kier alpha value is -3.79. The number of carbonyl (C=O) groups excluding carboxylic acids is 1. The van der Waals surface area contributed by atoms with E-state index in [0.29, 0.717) is 30.5 Å². The van der Waals surface area contributed by atoms with Crippen molar-refractivity contribution in [2.75, 3.05) is 11.8 Å². The third kappa shape index (κ3) is 11.1. The summed E-state index contributed by atoms with van der Waals surface area (Å²) < 4.78 is 11.5. The molecule has 0 saturated heterocycles. The molecular formula is C33H40Cl2O3. The number of aldehydes is 1. The Bertz CT molecular complexity index is 1260. The van der Waals surface area contributed by atoms with E-state index in [1.54, 1.807) is 30.4 Å². The van der Waals surface area contributed by atoms with Gasteiger partial charge in [-0.1, -0.05) is 104 Å². The molecule has 3 nitrogen and oxygen atoms in total. The first-order valence-corrected chi connectivity index (χ1v) is 13.1. The Morgan fingerprint density at radius 1 is 0.632 bits per heavy atom. The van der Waals surface area contributed by atoms with Gasteiger partial charge in [-0.15, -0.1) is 23.2 Å². The van der Waals surface area contributed by atoms with Gasteiger partial charge in [-0.05, 0) is 35.4 Å². The zero-order chi connectivity index (χ0) is 27.4. The van der Waals surface area contributed by atoms with Gasteiger partial charge in [-0.2, -0.15) is 0 Å². The molecule has 4 rings (SSSR count). The minimum atomic E-state index is 0. The number of para-hydroxylation sites is 1. The Labute approximate surface area is 241 Å². The molecule has 204 valence electrons. The van der Waals surface area contributed by atoms with Crippen LogP contribution in [0.5, 0.6) is 11.5 Å². The van der Waals surface area contributed by atoms with Crippen LogP contribution in [0.4, 0.5) is 0 Å². The average Bonchev–Trinajstić information content (AvgIpc) is 3.00. The van der Waals surface area contributed by atoms with Crippen LogP contribution in [0.25, 0.3) is 12.2 Å². The van der Waals surface area contributed by atoms with Crippen LogP contribution in [0, 0.1) is 0 Å². The molecule has 0 bridgehead atoms. The molecular weight excluding hydrogens is 515 g/mol. The Kier molecular flexibility index (Phi) is 14.8. The highest BCUT2D eigenvalue weighted by Gasteiger charge is 2.03. The largest absolute Gasteiger partial charge is 0.488 e. The highest BCUT2D eigenvalue weighted by molar-refractivity contribution is 6.25. The SMILES string of the molecule is C=Cc1cc(C=O)ccc1OCc1ccccc1.C=Cc1ccccc1OCc1ccccc1.ClCCCl.[HH].[HH].[HH].[HH]. The van der Waals surface area contributed by atoms with Crippen LogP contribution < -0.4 is 9.47 Å². The second-order valence-corrected chi connectivity index (χ2v) is 8.54. The van der Waals surface area contributed by atoms with E-state index in [0.717, 1.165) is 34.5 Å². The number of ether oxygens (including phenoxy) is 2. The topological polar surface area (TPSA) is 35.5 Å². The van der Waals surface area contributed by atoms with Crippen molar-refractivity contribution in [3.63, 3.8) is 0 Å². The number of alkyl halides is 2. The lowest BCUT2D eigenvalue weighted by Crippen LogP contribution is -1.97. The van der Waals surface area contributed by atoms with Crippen molar-refractivity contribution in [3.05, 3.63) is 144 Å². The van der Waals surface area contributed by atoms with E-state index in [1.165, 1.54) is 5.56 Å². The predicted molar refractivity (Wildman–Crippen MR) is 170 cm³/mol. The van der Waals surface area contributed by atoms with E-state index < -0.39 is 0 Å². The van der Waals surface area contributed by atoms with Gasteiger partial charge >= 0.3 is 0 Å². The molecule has 0 atom stereocenters. The number of hydrogen-bond acceptors (Lipinski definition) is 3. The number of halogens is 2. The fourth-order valence-electron chi connectivity index (χ4n) is 3.18. The molecule has 0 unspecified atom stereocenters. The molecule has 0 spiro atoms. The molecule has 0 aliphatic carbocycles. The van der Waals surface area contributed by atoms with Crippen LogP contribution in [0.3, 0.4) is 0 Å². The van der Waals surface area contributed by atoms with Crippen LogP contribution in [0.1, 0.15) is 38.3 Å². The molecule has 0 fully saturated rings. The molecule has 0 radical (unpaired) electrons. The minimum Gasteiger partial charge on any atom is -0.488 e. The number of carbonyl (C=O) groups is 1. The monoisotopic (exact) mass is 554 g/mol. The lowest BCUT2D eigenvalue weighted by Gasteiger charge is -2.09. The lowest BCUT2D eigenvalue weighted by atomic mass is 10.1. The van der Waals surface area contributed by atoms with E-state index in [1.807, 2.05) is 72.8 Å². The summed E-state index contributed by atoms with van der Waals surface area (Å²) in [6.07, 6.45) is 4.31. The summed E-state index contributed by atoms with van der Waals surface area (Å²) in [4.78, 5) is 10.7. The van der Waals surface area contributed by atoms with Gasteiger partial charge in [-0.25, -0.2) is 0 Å². The minimum absolute atomic E-state index is 0. The van der Waals surface area contributed by atoms with Crippen molar-refractivity contribution in [2.24, 2.45) is 0 Å². The molecule has 5 heteroatoms. The van der Waals surface area contributed by atoms with Crippen molar-refractivity contribution >= 4 is 41.6 Å². The van der Waals surface area contributed by atoms with Gasteiger partial charge in [0, 0.05) is 34.2 Å². The van der Waals surface area contributed by atoms with Crippen LogP contribution in [0.2, 0.25) is 0 Å². The maximum absolute atomic E-state index is 10.7. The number of benzene rings is 4. The highest BCUT2D eigenvalue weighted by Crippen LogP contribution is 2.22. The number of hydrogen-bond donors (Lipinski definition) is 0. The van der Waals surface area contributed by atoms with E-state index in [4.69, 9.17) is 32.7 Å². The summed E-state index contributed by atoms with van der Waals surface area (Å²) in [5.74, 6) is 2.73. The van der Waals surface area contributed by atoms with E-state index in [-0.39, 0.29) is 5.71 Å². The van der Waals surface area contributed by atoms with Gasteiger partial charge in [0.25, 0.3) is 0 Å². The molecule has 0 heterocycles. The summed E-state index contributed by atoms with van der Waals surface area (Å²) in [6.45, 7) is 8.58. The van der Waals surface area contributed by atoms with Crippen LogP contribution in [-0.2, 0) is 13.2 Å². The third-order valence-corrected chi connectivity index (χ3v) is 5.65. The van der Waals surface area contributed by atoms with E-state index in [2.05, 4.69) is 25.3 Å². The number of rotatable bonds is 10. The summed E-state index contributed by atoms with van der Waals surface area (Å²) in [7, 11) is 0. The Balaban J connectivity index is -0.000000595. The van der Waals surface area contributed by atoms with Crippen LogP contribution in [-0.4, -0.2) is 18.0 Å². The second-order valence-electron chi connectivity index (χ2n) is 7.79. The molecule has 0 N–H and O–H groups in total. The first-order valence-electron chi connectivity index (χ1n) is 12.0. The third-order valence-electron chi connectivity index (χ3n) is 5.07. The standard InChI is InChI=1S/C16H14O2.C15H14O.C2H4Cl2.4H2/c1-2-15-10-14(11-17)8-9-16(15)18-12-13-6-4-3-5-7-13;1-2-14-10-6-7-11-15(14)16-12-13-8-4-3-5-9-13;3-1-2-4;;;;/h2-11H,1,12H2;2-11H,1,12H2;1-2H2;4*1H. The van der Waals surface area contributed by atoms with Gasteiger partial charge < -0.3 is 9.47 Å². The van der Waals surface area contributed by atoms with E-state index >= 15 is 0 Å². The summed E-state index contributed by atoms with van der Waals surface area (Å²) >= 11 is 10.1. The molecule has 0 aliphatic rings. The van der Waals surface area contributed by atoms with Gasteiger partial charge in [0.05, 0.1) is 0 Å². The van der Waals surface area contributed by atoms with Gasteiger partial charge in [-0.3, -0.25) is 4.79 Å². The van der Waals surface area contributed by atoms with Gasteiger partial charge in [0.2, 0.25) is 0 Å². The first kappa shape index (κ1) is 30.4. The normalized spacial score (nSPS) is 9.53. The zero-order valence-electron chi connectivity index (χ0n) is 21.3. The molecule has 4 aromatic rings. The molecule has 0 amide bonds. The van der Waals surface area contributed by atoms with Crippen molar-refractivity contribution < 1.29 is 20.0 Å². The lowest BCUT2D eigenvalue weighted by molar-refractivity contribution is 0.112. The molecule has 38 heavy (non-hydrogen) atoms. The van der Waals surface area contributed by atoms with Crippen molar-refractivity contribution in [3.8, 4) is 11.5 Å². The van der Waals surface area contributed by atoms with Crippen molar-refractivity contribution in [1.29, 1.82) is 0 Å². The summed E-state index contributed by atoms with van der Waals surface area (Å²) in [5, 5.41) is 0. The fraction of sp³-hybridized carbons (Fsp3) is 0.121. The first-order chi connectivity index (χ1) is 18.6. The molecule has 0 aliphatic heterocycles. The van der Waals surface area contributed by atoms with Gasteiger partial charge in [0.1, 0.15) is 31.0 Å². The molecule has 0 aromatic heterocycles. The van der Waals surface area contributed by atoms with Crippen molar-refractivity contribution in [1.82, 2.24) is 0 Å². The van der Waals surface area contributed by atoms with Crippen molar-refractivity contribution in [2.45, 2.75) is 13.2 Å². The maximum atomic E-state index is 10.7. The highest BCUT2D eigenvalue weighted by atomic mass is 35.5. The summed E-state index contributed by atoms with van der Waals surface area (Å²) in [5.41, 5.74) is 4.75. The maximum Gasteiger partial charge on any atom is 0.150 e. The second kappa shape index (κ2) is 18.5. The van der Waals surface area contributed by atoms with E-state index in [9.17, 15) is 4.79 Å².